The molecule has 1 aliphatic heterocycles. The van der Waals surface area contributed by atoms with E-state index in [0.717, 1.165) is 13.1 Å². The molecule has 62 valence electrons. The Morgan fingerprint density at radius 3 is 3.00 bits per heavy atom. The van der Waals surface area contributed by atoms with Crippen LogP contribution in [0.1, 0.15) is 13.3 Å². The molecule has 1 aliphatic rings. The molecular weight excluding hydrogens is 249 g/mol. The highest BCUT2D eigenvalue weighted by atomic mass is 127. The van der Waals surface area contributed by atoms with Crippen molar-refractivity contribution in [1.82, 2.24) is 5.32 Å². The molecule has 0 spiro atoms. The van der Waals surface area contributed by atoms with Crippen molar-refractivity contribution < 1.29 is 0 Å². The van der Waals surface area contributed by atoms with Crippen LogP contribution in [0.25, 0.3) is 0 Å². The van der Waals surface area contributed by atoms with Gasteiger partial charge in [-0.15, -0.1) is 0 Å². The molecule has 0 radical (unpaired) electrons. The zero-order valence-electron chi connectivity index (χ0n) is 6.81. The van der Waals surface area contributed by atoms with Crippen molar-refractivity contribution in [2.75, 3.05) is 13.1 Å². The monoisotopic (exact) mass is 263 g/mol. The molecule has 2 heteroatoms. The Kier molecular flexibility index (Phi) is 4.70. The van der Waals surface area contributed by atoms with Gasteiger partial charge in [0.25, 0.3) is 0 Å². The summed E-state index contributed by atoms with van der Waals surface area (Å²) in [6.45, 7) is 4.44. The minimum atomic E-state index is 0.218. The van der Waals surface area contributed by atoms with Crippen LogP contribution >= 0.6 is 20.7 Å². The lowest BCUT2D eigenvalue weighted by molar-refractivity contribution is 0.745. The van der Waals surface area contributed by atoms with E-state index >= 15 is 0 Å². The van der Waals surface area contributed by atoms with Gasteiger partial charge in [-0.1, -0.05) is 45.9 Å². The summed E-state index contributed by atoms with van der Waals surface area (Å²) >= 11 is 0.218. The summed E-state index contributed by atoms with van der Waals surface area (Å²) in [5.41, 5.74) is 0. The van der Waals surface area contributed by atoms with Crippen LogP contribution in [0.4, 0.5) is 0 Å². The first-order valence-corrected chi connectivity index (χ1v) is 6.29. The fraction of sp³-hybridized carbons (Fsp3) is 0.444. The summed E-state index contributed by atoms with van der Waals surface area (Å²) in [7, 11) is 0. The molecule has 1 heterocycles. The zero-order valence-corrected chi connectivity index (χ0v) is 8.97. The highest BCUT2D eigenvalue weighted by Crippen LogP contribution is 2.08. The lowest BCUT2D eigenvalue weighted by Crippen LogP contribution is -2.21. The zero-order chi connectivity index (χ0) is 7.94. The Balaban J connectivity index is 2.21. The highest BCUT2D eigenvalue weighted by Gasteiger charge is 1.92. The van der Waals surface area contributed by atoms with Crippen LogP contribution in [-0.4, -0.2) is 16.6 Å². The highest BCUT2D eigenvalue weighted by molar-refractivity contribution is 14.2. The Bertz CT molecular complexity index is 192. The molecule has 0 unspecified atom stereocenters. The molecule has 0 saturated carbocycles. The minimum Gasteiger partial charge on any atom is -0.312 e. The number of hydrogen-bond donors (Lipinski definition) is 1. The summed E-state index contributed by atoms with van der Waals surface area (Å²) < 4.78 is 3.90. The van der Waals surface area contributed by atoms with E-state index in [1.807, 2.05) is 0 Å². The van der Waals surface area contributed by atoms with Crippen molar-refractivity contribution in [3.05, 3.63) is 22.3 Å². The van der Waals surface area contributed by atoms with Gasteiger partial charge in [0, 0.05) is 6.54 Å². The van der Waals surface area contributed by atoms with Crippen LogP contribution < -0.4 is 5.32 Å². The van der Waals surface area contributed by atoms with Crippen molar-refractivity contribution in [2.24, 2.45) is 0 Å². The summed E-state index contributed by atoms with van der Waals surface area (Å²) in [6.07, 6.45) is 7.75. The maximum absolute atomic E-state index is 3.41. The van der Waals surface area contributed by atoms with Crippen molar-refractivity contribution in [1.29, 1.82) is 0 Å². The van der Waals surface area contributed by atoms with E-state index in [2.05, 4.69) is 34.6 Å². The predicted molar refractivity (Wildman–Crippen MR) is 60.5 cm³/mol. The number of allylic oxidation sites excluding steroid dienone is 2. The number of hydrogen-bond acceptors (Lipinski definition) is 1. The van der Waals surface area contributed by atoms with Gasteiger partial charge < -0.3 is 5.32 Å². The fourth-order valence-electron chi connectivity index (χ4n) is 0.838. The second-order valence-electron chi connectivity index (χ2n) is 2.41. The van der Waals surface area contributed by atoms with Crippen LogP contribution in [-0.2, 0) is 0 Å². The largest absolute Gasteiger partial charge is 0.312 e. The molecule has 0 fully saturated rings. The average Bonchev–Trinajstić information content (AvgIpc) is 2.07. The third kappa shape index (κ3) is 3.82. The van der Waals surface area contributed by atoms with Gasteiger partial charge in [0.2, 0.25) is 0 Å². The lowest BCUT2D eigenvalue weighted by atomic mass is 10.3. The first-order valence-electron chi connectivity index (χ1n) is 3.96. The fourth-order valence-corrected chi connectivity index (χ4v) is 2.65. The van der Waals surface area contributed by atoms with E-state index in [9.17, 15) is 0 Å². The lowest BCUT2D eigenvalue weighted by Gasteiger charge is -2.03. The maximum Gasteiger partial charge on any atom is 0.0259 e. The van der Waals surface area contributed by atoms with Gasteiger partial charge in [-0.2, -0.15) is 0 Å². The number of nitrogens with one attached hydrogen (secondary N) is 1. The summed E-state index contributed by atoms with van der Waals surface area (Å²) in [5, 5.41) is 3.41. The average molecular weight is 263 g/mol. The summed E-state index contributed by atoms with van der Waals surface area (Å²) in [6, 6.07) is 0. The van der Waals surface area contributed by atoms with Crippen molar-refractivity contribution in [2.45, 2.75) is 13.3 Å². The molecule has 0 amide bonds. The van der Waals surface area contributed by atoms with Gasteiger partial charge in [-0.3, -0.25) is 0 Å². The quantitative estimate of drug-likeness (QED) is 0.605. The van der Waals surface area contributed by atoms with Gasteiger partial charge in [-0.05, 0) is 20.6 Å². The van der Waals surface area contributed by atoms with Crippen molar-refractivity contribution in [3.63, 3.8) is 0 Å². The third-order valence-electron chi connectivity index (χ3n) is 1.38. The van der Waals surface area contributed by atoms with Crippen LogP contribution in [0.5, 0.6) is 0 Å². The van der Waals surface area contributed by atoms with Crippen molar-refractivity contribution >= 4 is 24.2 Å². The SMILES string of the molecule is CCCNCC1=IC=CC=C1. The van der Waals surface area contributed by atoms with Crippen LogP contribution in [0.15, 0.2) is 22.3 Å². The van der Waals surface area contributed by atoms with Gasteiger partial charge >= 0.3 is 0 Å². The molecule has 1 N–H and O–H groups in total. The first-order chi connectivity index (χ1) is 5.43. The molecule has 0 aliphatic carbocycles. The number of rotatable bonds is 4. The normalized spacial score (nSPS) is 15.9. The third-order valence-corrected chi connectivity index (χ3v) is 3.70. The second kappa shape index (κ2) is 5.66. The Morgan fingerprint density at radius 2 is 2.36 bits per heavy atom. The Labute approximate surface area is 78.3 Å². The molecule has 0 bridgehead atoms. The van der Waals surface area contributed by atoms with Gasteiger partial charge in [0.15, 0.2) is 0 Å². The van der Waals surface area contributed by atoms with E-state index in [-0.39, 0.29) is 20.7 Å². The molecular formula is C9H14IN. The van der Waals surface area contributed by atoms with Crippen LogP contribution in [0, 0.1) is 0 Å². The van der Waals surface area contributed by atoms with Gasteiger partial charge in [0.1, 0.15) is 0 Å². The molecule has 0 aromatic heterocycles. The Hall–Kier alpha value is 0.0400. The van der Waals surface area contributed by atoms with E-state index in [4.69, 9.17) is 0 Å². The van der Waals surface area contributed by atoms with Crippen LogP contribution in [0.3, 0.4) is 0 Å². The van der Waals surface area contributed by atoms with Gasteiger partial charge in [-0.25, -0.2) is 0 Å². The molecule has 1 rings (SSSR count). The maximum atomic E-state index is 3.41. The molecule has 0 saturated heterocycles. The summed E-state index contributed by atoms with van der Waals surface area (Å²) in [4.78, 5) is 0. The van der Waals surface area contributed by atoms with E-state index in [1.165, 1.54) is 6.42 Å². The second-order valence-corrected chi connectivity index (χ2v) is 5.14. The molecule has 0 aromatic carbocycles. The molecule has 11 heavy (non-hydrogen) atoms. The van der Waals surface area contributed by atoms with Crippen molar-refractivity contribution in [3.8, 4) is 0 Å². The van der Waals surface area contributed by atoms with Gasteiger partial charge in [0.05, 0.1) is 0 Å². The molecule has 1 nitrogen and oxygen atoms in total. The summed E-state index contributed by atoms with van der Waals surface area (Å²) in [5.74, 6) is 0. The topological polar surface area (TPSA) is 12.0 Å². The molecule has 0 aromatic rings. The first kappa shape index (κ1) is 9.13. The predicted octanol–water partition coefficient (Wildman–Crippen LogP) is 2.21. The number of halogens is 1. The smallest absolute Gasteiger partial charge is 0.0259 e. The molecule has 0 atom stereocenters. The Morgan fingerprint density at radius 1 is 1.45 bits per heavy atom. The van der Waals surface area contributed by atoms with E-state index < -0.39 is 0 Å². The minimum absolute atomic E-state index is 0.218. The standard InChI is InChI=1S/C9H14IN/c1-2-7-11-8-9-5-3-4-6-10-9/h3-6,11H,2,7-8H2,1H3. The van der Waals surface area contributed by atoms with Crippen LogP contribution in [0.2, 0.25) is 0 Å². The van der Waals surface area contributed by atoms with E-state index in [0.29, 0.717) is 0 Å². The van der Waals surface area contributed by atoms with E-state index in [1.54, 1.807) is 3.51 Å².